The van der Waals surface area contributed by atoms with E-state index in [0.717, 1.165) is 5.56 Å². The van der Waals surface area contributed by atoms with Gasteiger partial charge >= 0.3 is 5.97 Å². The van der Waals surface area contributed by atoms with E-state index in [-0.39, 0.29) is 5.91 Å². The number of fused-ring (bicyclic) bond motifs is 1. The van der Waals surface area contributed by atoms with Crippen LogP contribution in [0.25, 0.3) is 0 Å². The van der Waals surface area contributed by atoms with Crippen molar-refractivity contribution in [2.45, 2.75) is 45.8 Å². The van der Waals surface area contributed by atoms with Gasteiger partial charge in [-0.05, 0) is 45.4 Å². The number of carbonyl (C=O) groups is 2. The van der Waals surface area contributed by atoms with Crippen molar-refractivity contribution in [2.75, 3.05) is 4.90 Å². The molecule has 0 radical (unpaired) electrons. The Hall–Kier alpha value is -1.55. The van der Waals surface area contributed by atoms with Gasteiger partial charge in [-0.15, -0.1) is 0 Å². The molecule has 0 spiro atoms. The molecule has 1 aromatic rings. The zero-order valence-electron chi connectivity index (χ0n) is 12.1. The average molecular weight is 296 g/mol. The number of hydrogen-bond donors (Lipinski definition) is 0. The topological polar surface area (TPSA) is 46.6 Å². The lowest BCUT2D eigenvalue weighted by Crippen LogP contribution is -2.44. The highest BCUT2D eigenvalue weighted by Gasteiger charge is 2.36. The Morgan fingerprint density at radius 1 is 1.40 bits per heavy atom. The van der Waals surface area contributed by atoms with Crippen molar-refractivity contribution in [1.29, 1.82) is 0 Å². The van der Waals surface area contributed by atoms with Gasteiger partial charge in [-0.2, -0.15) is 0 Å². The van der Waals surface area contributed by atoms with Gasteiger partial charge in [0.05, 0.1) is 6.42 Å². The summed E-state index contributed by atoms with van der Waals surface area (Å²) in [6.45, 7) is 7.07. The normalized spacial score (nSPS) is 16.1. The van der Waals surface area contributed by atoms with Crippen LogP contribution in [0.3, 0.4) is 0 Å². The van der Waals surface area contributed by atoms with Crippen molar-refractivity contribution in [2.24, 2.45) is 0 Å². The molecule has 0 aromatic heterocycles. The lowest BCUT2D eigenvalue weighted by atomic mass is 10.1. The molecule has 5 heteroatoms. The molecule has 1 aliphatic rings. The summed E-state index contributed by atoms with van der Waals surface area (Å²) < 4.78 is 5.34. The van der Waals surface area contributed by atoms with Crippen molar-refractivity contribution in [3.05, 3.63) is 28.8 Å². The van der Waals surface area contributed by atoms with Crippen LogP contribution in [0.4, 0.5) is 5.69 Å². The minimum Gasteiger partial charge on any atom is -0.458 e. The molecule has 108 valence electrons. The second kappa shape index (κ2) is 5.09. The molecule has 2 rings (SSSR count). The fourth-order valence-electron chi connectivity index (χ4n) is 2.21. The van der Waals surface area contributed by atoms with Gasteiger partial charge in [-0.1, -0.05) is 17.7 Å². The number of amides is 1. The summed E-state index contributed by atoms with van der Waals surface area (Å²) in [4.78, 5) is 25.7. The zero-order chi connectivity index (χ0) is 15.1. The Bertz CT molecular complexity index is 563. The third-order valence-corrected chi connectivity index (χ3v) is 3.29. The highest BCUT2D eigenvalue weighted by atomic mass is 35.5. The molecule has 1 amide bonds. The summed E-state index contributed by atoms with van der Waals surface area (Å²) in [5, 5.41) is 0.542. The van der Waals surface area contributed by atoms with Crippen LogP contribution in [0, 0.1) is 0 Å². The molecule has 0 saturated heterocycles. The number of halogens is 1. The van der Waals surface area contributed by atoms with E-state index < -0.39 is 17.6 Å². The highest BCUT2D eigenvalue weighted by Crippen LogP contribution is 2.33. The molecule has 0 N–H and O–H groups in total. The second-order valence-electron chi connectivity index (χ2n) is 5.92. The maximum Gasteiger partial charge on any atom is 0.329 e. The van der Waals surface area contributed by atoms with E-state index in [4.69, 9.17) is 16.3 Å². The fourth-order valence-corrected chi connectivity index (χ4v) is 2.38. The third kappa shape index (κ3) is 2.96. The Labute approximate surface area is 123 Å². The quantitative estimate of drug-likeness (QED) is 0.788. The highest BCUT2D eigenvalue weighted by molar-refractivity contribution is 6.31. The van der Waals surface area contributed by atoms with E-state index in [1.807, 2.05) is 6.07 Å². The van der Waals surface area contributed by atoms with E-state index in [9.17, 15) is 9.59 Å². The van der Waals surface area contributed by atoms with Crippen LogP contribution >= 0.6 is 11.6 Å². The molecule has 0 bridgehead atoms. The minimum atomic E-state index is -0.665. The fraction of sp³-hybridized carbons (Fsp3) is 0.467. The first kappa shape index (κ1) is 14.9. The molecule has 1 heterocycles. The number of carbonyl (C=O) groups excluding carboxylic acids is 2. The van der Waals surface area contributed by atoms with Crippen LogP contribution in [-0.2, 0) is 20.7 Å². The SMILES string of the molecule is CC(C(=O)OC(C)(C)C)N1C(=O)Cc2ccc(Cl)cc21. The molecule has 1 atom stereocenters. The summed E-state index contributed by atoms with van der Waals surface area (Å²) in [6, 6.07) is 4.61. The Kier molecular flexibility index (Phi) is 3.78. The molecular weight excluding hydrogens is 278 g/mol. The summed E-state index contributed by atoms with van der Waals surface area (Å²) in [6.07, 6.45) is 0.291. The van der Waals surface area contributed by atoms with Gasteiger partial charge in [0, 0.05) is 10.7 Å². The van der Waals surface area contributed by atoms with Crippen molar-refractivity contribution in [1.82, 2.24) is 0 Å². The van der Waals surface area contributed by atoms with Gasteiger partial charge in [-0.25, -0.2) is 4.79 Å². The first-order chi connectivity index (χ1) is 9.19. The van der Waals surface area contributed by atoms with Gasteiger partial charge in [0.1, 0.15) is 11.6 Å². The number of anilines is 1. The van der Waals surface area contributed by atoms with E-state index in [1.165, 1.54) is 4.90 Å². The van der Waals surface area contributed by atoms with E-state index in [1.54, 1.807) is 39.8 Å². The van der Waals surface area contributed by atoms with Crippen LogP contribution in [0.5, 0.6) is 0 Å². The molecule has 0 saturated carbocycles. The first-order valence-electron chi connectivity index (χ1n) is 6.52. The van der Waals surface area contributed by atoms with Crippen LogP contribution in [0.15, 0.2) is 18.2 Å². The Morgan fingerprint density at radius 3 is 2.65 bits per heavy atom. The molecular formula is C15H18ClNO3. The Morgan fingerprint density at radius 2 is 2.05 bits per heavy atom. The number of ether oxygens (including phenoxy) is 1. The molecule has 4 nitrogen and oxygen atoms in total. The standard InChI is InChI=1S/C15H18ClNO3/c1-9(14(19)20-15(2,3)4)17-12-8-11(16)6-5-10(12)7-13(17)18/h5-6,8-9H,7H2,1-4H3. The summed E-state index contributed by atoms with van der Waals surface area (Å²) in [5.74, 6) is -0.528. The zero-order valence-corrected chi connectivity index (χ0v) is 12.8. The van der Waals surface area contributed by atoms with Gasteiger partial charge in [0.25, 0.3) is 0 Å². The molecule has 1 unspecified atom stereocenters. The lowest BCUT2D eigenvalue weighted by Gasteiger charge is -2.28. The lowest BCUT2D eigenvalue weighted by molar-refractivity contribution is -0.156. The smallest absolute Gasteiger partial charge is 0.329 e. The van der Waals surface area contributed by atoms with E-state index in [0.29, 0.717) is 17.1 Å². The van der Waals surface area contributed by atoms with Gasteiger partial charge in [0.15, 0.2) is 0 Å². The van der Waals surface area contributed by atoms with Gasteiger partial charge in [0.2, 0.25) is 5.91 Å². The molecule has 0 aliphatic carbocycles. The predicted octanol–water partition coefficient (Wildman–Crippen LogP) is 2.96. The van der Waals surface area contributed by atoms with Gasteiger partial charge in [-0.3, -0.25) is 9.69 Å². The largest absolute Gasteiger partial charge is 0.458 e. The number of rotatable bonds is 2. The molecule has 0 fully saturated rings. The van der Waals surface area contributed by atoms with Crippen molar-refractivity contribution >= 4 is 29.2 Å². The van der Waals surface area contributed by atoms with Gasteiger partial charge < -0.3 is 4.74 Å². The summed E-state index contributed by atoms with van der Waals surface area (Å²) in [5.41, 5.74) is 1.00. The maximum atomic E-state index is 12.1. The molecule has 1 aliphatic heterocycles. The van der Waals surface area contributed by atoms with Crippen LogP contribution in [-0.4, -0.2) is 23.5 Å². The average Bonchev–Trinajstić information content (AvgIpc) is 2.61. The van der Waals surface area contributed by atoms with Crippen molar-refractivity contribution in [3.8, 4) is 0 Å². The van der Waals surface area contributed by atoms with E-state index >= 15 is 0 Å². The van der Waals surface area contributed by atoms with Crippen molar-refractivity contribution < 1.29 is 14.3 Å². The summed E-state index contributed by atoms with van der Waals surface area (Å²) >= 11 is 5.97. The first-order valence-corrected chi connectivity index (χ1v) is 6.90. The van der Waals surface area contributed by atoms with Crippen LogP contribution in [0.1, 0.15) is 33.3 Å². The second-order valence-corrected chi connectivity index (χ2v) is 6.36. The number of nitrogens with zero attached hydrogens (tertiary/aromatic N) is 1. The third-order valence-electron chi connectivity index (χ3n) is 3.05. The molecule has 20 heavy (non-hydrogen) atoms. The predicted molar refractivity (Wildman–Crippen MR) is 77.9 cm³/mol. The number of hydrogen-bond acceptors (Lipinski definition) is 3. The van der Waals surface area contributed by atoms with Crippen LogP contribution in [0.2, 0.25) is 5.02 Å². The van der Waals surface area contributed by atoms with Crippen LogP contribution < -0.4 is 4.90 Å². The Balaban J connectivity index is 2.27. The van der Waals surface area contributed by atoms with E-state index in [2.05, 4.69) is 0 Å². The number of esters is 1. The molecule has 1 aromatic carbocycles. The minimum absolute atomic E-state index is 0.111. The maximum absolute atomic E-state index is 12.1. The number of benzene rings is 1. The van der Waals surface area contributed by atoms with Crippen molar-refractivity contribution in [3.63, 3.8) is 0 Å². The summed E-state index contributed by atoms with van der Waals surface area (Å²) in [7, 11) is 0. The monoisotopic (exact) mass is 295 g/mol.